The maximum Gasteiger partial charge on any atom is 0.0122 e. The van der Waals surface area contributed by atoms with Gasteiger partial charge in [0.15, 0.2) is 0 Å². The van der Waals surface area contributed by atoms with Crippen molar-refractivity contribution in [3.8, 4) is 0 Å². The first-order chi connectivity index (χ1) is 7.93. The van der Waals surface area contributed by atoms with Crippen molar-refractivity contribution in [3.63, 3.8) is 0 Å². The summed E-state index contributed by atoms with van der Waals surface area (Å²) in [6, 6.07) is 0. The van der Waals surface area contributed by atoms with Crippen molar-refractivity contribution in [1.82, 2.24) is 10.6 Å². The van der Waals surface area contributed by atoms with E-state index in [1.54, 1.807) is 0 Å². The van der Waals surface area contributed by atoms with Crippen LogP contribution in [0.4, 0.5) is 0 Å². The molecule has 2 heteroatoms. The molecular weight excluding hydrogens is 208 g/mol. The summed E-state index contributed by atoms with van der Waals surface area (Å²) in [5, 5.41) is 6.20. The Balaban J connectivity index is -0.000000213. The van der Waals surface area contributed by atoms with Gasteiger partial charge in [-0.25, -0.2) is 0 Å². The van der Waals surface area contributed by atoms with E-state index in [0.29, 0.717) is 5.54 Å². The molecule has 0 unspecified atom stereocenters. The Morgan fingerprint density at radius 3 is 1.76 bits per heavy atom. The summed E-state index contributed by atoms with van der Waals surface area (Å²) in [6.07, 6.45) is 4.93. The highest BCUT2D eigenvalue weighted by atomic mass is 14.9. The summed E-state index contributed by atoms with van der Waals surface area (Å²) in [4.78, 5) is 0. The van der Waals surface area contributed by atoms with Gasteiger partial charge in [-0.15, -0.1) is 0 Å². The number of allylic oxidation sites excluding steroid dienone is 1. The van der Waals surface area contributed by atoms with Crippen LogP contribution in [-0.4, -0.2) is 19.6 Å². The quantitative estimate of drug-likeness (QED) is 0.726. The molecule has 0 atom stereocenters. The molecule has 0 aromatic heterocycles. The van der Waals surface area contributed by atoms with Crippen LogP contribution in [0.15, 0.2) is 12.3 Å². The third kappa shape index (κ3) is 21.4. The summed E-state index contributed by atoms with van der Waals surface area (Å²) in [5.41, 5.74) is 1.44. The van der Waals surface area contributed by atoms with Gasteiger partial charge in [0, 0.05) is 18.3 Å². The summed E-state index contributed by atoms with van der Waals surface area (Å²) in [6.45, 7) is 16.5. The van der Waals surface area contributed by atoms with Crippen LogP contribution < -0.4 is 10.6 Å². The molecule has 0 amide bonds. The Bertz CT molecular complexity index is 145. The van der Waals surface area contributed by atoms with Crippen LogP contribution in [0.25, 0.3) is 0 Å². The van der Waals surface area contributed by atoms with Gasteiger partial charge < -0.3 is 10.6 Å². The largest absolute Gasteiger partial charge is 0.392 e. The SMILES string of the molecule is C=C(CC)NC.CC.CCCCC(C)(C)NC. The van der Waals surface area contributed by atoms with Crippen molar-refractivity contribution in [1.29, 1.82) is 0 Å². The Morgan fingerprint density at radius 2 is 1.59 bits per heavy atom. The molecule has 0 bridgehead atoms. The normalized spacial score (nSPS) is 9.41. The minimum absolute atomic E-state index is 0.343. The van der Waals surface area contributed by atoms with Crippen molar-refractivity contribution in [2.45, 2.75) is 72.8 Å². The van der Waals surface area contributed by atoms with Crippen molar-refractivity contribution in [2.24, 2.45) is 0 Å². The summed E-state index contributed by atoms with van der Waals surface area (Å²) in [7, 11) is 3.90. The number of unbranched alkanes of at least 4 members (excludes halogenated alkanes) is 1. The monoisotopic (exact) mass is 244 g/mol. The van der Waals surface area contributed by atoms with E-state index in [9.17, 15) is 0 Å². The molecule has 0 aliphatic rings. The molecule has 2 N–H and O–H groups in total. The predicted molar refractivity (Wildman–Crippen MR) is 82.5 cm³/mol. The second-order valence-electron chi connectivity index (χ2n) is 4.44. The Kier molecular flexibility index (Phi) is 19.8. The molecule has 0 fully saturated rings. The number of hydrogen-bond donors (Lipinski definition) is 2. The van der Waals surface area contributed by atoms with Crippen molar-refractivity contribution in [2.75, 3.05) is 14.1 Å². The maximum absolute atomic E-state index is 3.68. The Morgan fingerprint density at radius 1 is 1.12 bits per heavy atom. The first-order valence-corrected chi connectivity index (χ1v) is 6.97. The van der Waals surface area contributed by atoms with E-state index in [2.05, 4.69) is 44.9 Å². The van der Waals surface area contributed by atoms with E-state index in [0.717, 1.165) is 12.1 Å². The average Bonchev–Trinajstić information content (AvgIpc) is 2.38. The molecule has 0 aromatic carbocycles. The molecule has 0 spiro atoms. The van der Waals surface area contributed by atoms with Gasteiger partial charge in [0.1, 0.15) is 0 Å². The molecule has 17 heavy (non-hydrogen) atoms. The van der Waals surface area contributed by atoms with Gasteiger partial charge in [0.2, 0.25) is 0 Å². The zero-order valence-corrected chi connectivity index (χ0v) is 13.5. The molecule has 0 rings (SSSR count). The van der Waals surface area contributed by atoms with E-state index in [1.807, 2.05) is 27.9 Å². The minimum Gasteiger partial charge on any atom is -0.392 e. The summed E-state index contributed by atoms with van der Waals surface area (Å²) >= 11 is 0. The average molecular weight is 244 g/mol. The molecule has 0 aromatic rings. The topological polar surface area (TPSA) is 24.1 Å². The van der Waals surface area contributed by atoms with Crippen molar-refractivity contribution < 1.29 is 0 Å². The van der Waals surface area contributed by atoms with Gasteiger partial charge in [0.05, 0.1) is 0 Å². The molecular formula is C15H36N2. The zero-order chi connectivity index (χ0) is 14.3. The molecule has 0 aliphatic carbocycles. The van der Waals surface area contributed by atoms with E-state index in [1.165, 1.54) is 19.3 Å². The van der Waals surface area contributed by atoms with Gasteiger partial charge in [0.25, 0.3) is 0 Å². The van der Waals surface area contributed by atoms with E-state index < -0.39 is 0 Å². The lowest BCUT2D eigenvalue weighted by atomic mass is 9.98. The number of hydrogen-bond acceptors (Lipinski definition) is 2. The molecule has 0 heterocycles. The first kappa shape index (κ1) is 21.8. The van der Waals surface area contributed by atoms with Crippen LogP contribution in [-0.2, 0) is 0 Å². The van der Waals surface area contributed by atoms with Crippen LogP contribution in [0.3, 0.4) is 0 Å². The van der Waals surface area contributed by atoms with Gasteiger partial charge in [-0.2, -0.15) is 0 Å². The fourth-order valence-electron chi connectivity index (χ4n) is 0.920. The van der Waals surface area contributed by atoms with Crippen LogP contribution >= 0.6 is 0 Å². The molecule has 0 aliphatic heterocycles. The van der Waals surface area contributed by atoms with Gasteiger partial charge in [-0.1, -0.05) is 47.1 Å². The van der Waals surface area contributed by atoms with E-state index in [-0.39, 0.29) is 0 Å². The zero-order valence-electron chi connectivity index (χ0n) is 13.5. The lowest BCUT2D eigenvalue weighted by Crippen LogP contribution is -2.35. The Hall–Kier alpha value is -0.500. The molecule has 2 nitrogen and oxygen atoms in total. The highest BCUT2D eigenvalue weighted by Gasteiger charge is 2.12. The fourth-order valence-corrected chi connectivity index (χ4v) is 0.920. The van der Waals surface area contributed by atoms with Gasteiger partial charge in [-0.05, 0) is 33.7 Å². The van der Waals surface area contributed by atoms with E-state index >= 15 is 0 Å². The second kappa shape index (κ2) is 15.5. The summed E-state index contributed by atoms with van der Waals surface area (Å²) < 4.78 is 0. The van der Waals surface area contributed by atoms with Crippen LogP contribution in [0, 0.1) is 0 Å². The highest BCUT2D eigenvalue weighted by Crippen LogP contribution is 2.10. The minimum atomic E-state index is 0.343. The molecule has 0 radical (unpaired) electrons. The van der Waals surface area contributed by atoms with E-state index in [4.69, 9.17) is 0 Å². The standard InChI is InChI=1S/C8H19N.C5H11N.C2H6/c1-5-6-7-8(2,3)9-4;1-4-5(2)6-3;1-2/h9H,5-7H2,1-4H3;6H,2,4H2,1,3H3;1-2H3. The molecule has 0 saturated heterocycles. The predicted octanol–water partition coefficient (Wildman–Crippen LogP) is 4.33. The van der Waals surface area contributed by atoms with Crippen molar-refractivity contribution >= 4 is 0 Å². The fraction of sp³-hybridized carbons (Fsp3) is 0.867. The van der Waals surface area contributed by atoms with Crippen LogP contribution in [0.2, 0.25) is 0 Å². The van der Waals surface area contributed by atoms with Gasteiger partial charge >= 0.3 is 0 Å². The number of nitrogens with one attached hydrogen (secondary N) is 2. The lowest BCUT2D eigenvalue weighted by Gasteiger charge is -2.23. The van der Waals surface area contributed by atoms with Gasteiger partial charge in [-0.3, -0.25) is 0 Å². The molecule has 106 valence electrons. The van der Waals surface area contributed by atoms with Crippen LogP contribution in [0.1, 0.15) is 67.2 Å². The van der Waals surface area contributed by atoms with Crippen molar-refractivity contribution in [3.05, 3.63) is 12.3 Å². The smallest absolute Gasteiger partial charge is 0.0122 e. The third-order valence-electron chi connectivity index (χ3n) is 2.61. The third-order valence-corrected chi connectivity index (χ3v) is 2.61. The first-order valence-electron chi connectivity index (χ1n) is 6.97. The maximum atomic E-state index is 3.68. The molecule has 0 saturated carbocycles. The van der Waals surface area contributed by atoms with Crippen LogP contribution in [0.5, 0.6) is 0 Å². The highest BCUT2D eigenvalue weighted by molar-refractivity contribution is 4.86. The lowest BCUT2D eigenvalue weighted by molar-refractivity contribution is 0.380. The second-order valence-corrected chi connectivity index (χ2v) is 4.44. The Labute approximate surface area is 110 Å². The summed E-state index contributed by atoms with van der Waals surface area (Å²) in [5.74, 6) is 0. The number of rotatable bonds is 6.